The van der Waals surface area contributed by atoms with Crippen molar-refractivity contribution in [2.45, 2.75) is 32.7 Å². The summed E-state index contributed by atoms with van der Waals surface area (Å²) in [6.45, 7) is 5.49. The first-order valence-electron chi connectivity index (χ1n) is 8.37. The molecular formula is C18H29ClN2O3. The molecule has 2 rings (SSSR count). The van der Waals surface area contributed by atoms with Gasteiger partial charge in [-0.25, -0.2) is 0 Å². The van der Waals surface area contributed by atoms with Crippen molar-refractivity contribution in [1.29, 1.82) is 0 Å². The number of hydrogen-bond donors (Lipinski definition) is 1. The molecular weight excluding hydrogens is 328 g/mol. The van der Waals surface area contributed by atoms with Gasteiger partial charge in [-0.05, 0) is 56.5 Å². The maximum Gasteiger partial charge on any atom is 0.222 e. The number of halogens is 1. The van der Waals surface area contributed by atoms with Crippen LogP contribution in [-0.2, 0) is 11.3 Å². The number of benzene rings is 1. The highest BCUT2D eigenvalue weighted by Crippen LogP contribution is 2.28. The second-order valence-corrected chi connectivity index (χ2v) is 5.99. The Labute approximate surface area is 151 Å². The summed E-state index contributed by atoms with van der Waals surface area (Å²) in [5.74, 6) is 2.29. The third-order valence-corrected chi connectivity index (χ3v) is 4.48. The Morgan fingerprint density at radius 1 is 1.29 bits per heavy atom. The zero-order valence-corrected chi connectivity index (χ0v) is 15.7. The van der Waals surface area contributed by atoms with Gasteiger partial charge in [0, 0.05) is 19.5 Å². The molecule has 136 valence electrons. The number of nitrogens with zero attached hydrogens (tertiary/aromatic N) is 1. The van der Waals surface area contributed by atoms with Crippen molar-refractivity contribution in [2.24, 2.45) is 5.92 Å². The molecule has 1 saturated heterocycles. The van der Waals surface area contributed by atoms with E-state index in [0.29, 0.717) is 30.4 Å². The number of carbonyl (C=O) groups is 1. The topological polar surface area (TPSA) is 50.8 Å². The monoisotopic (exact) mass is 356 g/mol. The van der Waals surface area contributed by atoms with Crippen molar-refractivity contribution in [3.8, 4) is 11.5 Å². The lowest BCUT2D eigenvalue weighted by Gasteiger charge is -2.22. The van der Waals surface area contributed by atoms with Gasteiger partial charge in [-0.2, -0.15) is 0 Å². The van der Waals surface area contributed by atoms with Gasteiger partial charge in [0.05, 0.1) is 14.2 Å². The standard InChI is InChI=1S/C18H28N2O3.ClH/c1-4-20(18(21)8-6-14-9-10-19-12-14)13-15-5-7-16(22-2)17(11-15)23-3;/h5,7,11,14,19H,4,6,8-10,12-13H2,1-3H3;1H. The van der Waals surface area contributed by atoms with Gasteiger partial charge >= 0.3 is 0 Å². The summed E-state index contributed by atoms with van der Waals surface area (Å²) in [6.07, 6.45) is 2.80. The molecule has 1 atom stereocenters. The lowest BCUT2D eigenvalue weighted by molar-refractivity contribution is -0.131. The van der Waals surface area contributed by atoms with E-state index < -0.39 is 0 Å². The van der Waals surface area contributed by atoms with E-state index in [2.05, 4.69) is 5.32 Å². The second kappa shape index (κ2) is 10.4. The van der Waals surface area contributed by atoms with Crippen LogP contribution in [0.15, 0.2) is 18.2 Å². The normalized spacial score (nSPS) is 16.4. The van der Waals surface area contributed by atoms with Crippen molar-refractivity contribution >= 4 is 18.3 Å². The Kier molecular flexibility index (Phi) is 8.93. The minimum absolute atomic E-state index is 0. The highest BCUT2D eigenvalue weighted by Gasteiger charge is 2.18. The molecule has 1 unspecified atom stereocenters. The minimum atomic E-state index is 0. The molecule has 1 aliphatic rings. The fraction of sp³-hybridized carbons (Fsp3) is 0.611. The molecule has 1 heterocycles. The van der Waals surface area contributed by atoms with Crippen LogP contribution in [0.1, 0.15) is 31.7 Å². The predicted octanol–water partition coefficient (Wildman–Crippen LogP) is 2.86. The second-order valence-electron chi connectivity index (χ2n) is 5.99. The fourth-order valence-corrected chi connectivity index (χ4v) is 3.02. The van der Waals surface area contributed by atoms with E-state index in [1.807, 2.05) is 30.0 Å². The molecule has 24 heavy (non-hydrogen) atoms. The Bertz CT molecular complexity index is 519. The molecule has 1 amide bonds. The first kappa shape index (κ1) is 20.6. The van der Waals surface area contributed by atoms with E-state index in [-0.39, 0.29) is 18.3 Å². The van der Waals surface area contributed by atoms with Crippen molar-refractivity contribution in [3.63, 3.8) is 0 Å². The first-order valence-corrected chi connectivity index (χ1v) is 8.37. The Balaban J connectivity index is 0.00000288. The van der Waals surface area contributed by atoms with Crippen LogP contribution < -0.4 is 14.8 Å². The first-order chi connectivity index (χ1) is 11.2. The van der Waals surface area contributed by atoms with Crippen LogP contribution in [-0.4, -0.2) is 44.7 Å². The zero-order valence-electron chi connectivity index (χ0n) is 14.8. The third kappa shape index (κ3) is 5.56. The van der Waals surface area contributed by atoms with E-state index in [4.69, 9.17) is 9.47 Å². The number of carbonyl (C=O) groups excluding carboxylic acids is 1. The molecule has 0 saturated carbocycles. The lowest BCUT2D eigenvalue weighted by Crippen LogP contribution is -2.30. The van der Waals surface area contributed by atoms with E-state index >= 15 is 0 Å². The van der Waals surface area contributed by atoms with Crippen LogP contribution in [0, 0.1) is 5.92 Å². The Hall–Kier alpha value is -1.46. The van der Waals surface area contributed by atoms with Crippen molar-refractivity contribution in [2.75, 3.05) is 33.9 Å². The van der Waals surface area contributed by atoms with E-state index in [1.165, 1.54) is 6.42 Å². The van der Waals surface area contributed by atoms with Gasteiger partial charge < -0.3 is 19.7 Å². The van der Waals surface area contributed by atoms with Crippen LogP contribution >= 0.6 is 12.4 Å². The number of nitrogens with one attached hydrogen (secondary N) is 1. The average molecular weight is 357 g/mol. The van der Waals surface area contributed by atoms with E-state index in [1.54, 1.807) is 14.2 Å². The van der Waals surface area contributed by atoms with Gasteiger partial charge in [-0.3, -0.25) is 4.79 Å². The molecule has 1 aromatic rings. The third-order valence-electron chi connectivity index (χ3n) is 4.48. The van der Waals surface area contributed by atoms with Gasteiger partial charge in [0.15, 0.2) is 11.5 Å². The molecule has 0 spiro atoms. The highest BCUT2D eigenvalue weighted by atomic mass is 35.5. The molecule has 1 fully saturated rings. The van der Waals surface area contributed by atoms with Crippen LogP contribution in [0.5, 0.6) is 11.5 Å². The molecule has 5 nitrogen and oxygen atoms in total. The number of amides is 1. The molecule has 6 heteroatoms. The number of methoxy groups -OCH3 is 2. The quantitative estimate of drug-likeness (QED) is 0.778. The molecule has 1 N–H and O–H groups in total. The summed E-state index contributed by atoms with van der Waals surface area (Å²) >= 11 is 0. The summed E-state index contributed by atoms with van der Waals surface area (Å²) in [7, 11) is 3.25. The van der Waals surface area contributed by atoms with Crippen molar-refractivity contribution in [1.82, 2.24) is 10.2 Å². The lowest BCUT2D eigenvalue weighted by atomic mass is 10.0. The Morgan fingerprint density at radius 2 is 2.04 bits per heavy atom. The summed E-state index contributed by atoms with van der Waals surface area (Å²) in [4.78, 5) is 14.4. The summed E-state index contributed by atoms with van der Waals surface area (Å²) in [5.41, 5.74) is 1.06. The van der Waals surface area contributed by atoms with E-state index in [9.17, 15) is 4.79 Å². The Morgan fingerprint density at radius 3 is 2.62 bits per heavy atom. The zero-order chi connectivity index (χ0) is 16.7. The summed E-state index contributed by atoms with van der Waals surface area (Å²) in [5, 5.41) is 3.35. The van der Waals surface area contributed by atoms with E-state index in [0.717, 1.165) is 31.6 Å². The number of ether oxygens (including phenoxy) is 2. The minimum Gasteiger partial charge on any atom is -0.493 e. The number of rotatable bonds is 8. The predicted molar refractivity (Wildman–Crippen MR) is 98.1 cm³/mol. The van der Waals surface area contributed by atoms with Crippen LogP contribution in [0.4, 0.5) is 0 Å². The SMILES string of the molecule is CCN(Cc1ccc(OC)c(OC)c1)C(=O)CCC1CCNC1.Cl. The van der Waals surface area contributed by atoms with Crippen LogP contribution in [0.2, 0.25) is 0 Å². The van der Waals surface area contributed by atoms with Crippen LogP contribution in [0.25, 0.3) is 0 Å². The van der Waals surface area contributed by atoms with Gasteiger partial charge in [0.1, 0.15) is 0 Å². The molecule has 1 aliphatic heterocycles. The van der Waals surface area contributed by atoms with Crippen molar-refractivity contribution in [3.05, 3.63) is 23.8 Å². The maximum atomic E-state index is 12.5. The molecule has 0 aromatic heterocycles. The average Bonchev–Trinajstić information content (AvgIpc) is 3.10. The van der Waals surface area contributed by atoms with Gasteiger partial charge in [0.25, 0.3) is 0 Å². The highest BCUT2D eigenvalue weighted by molar-refractivity contribution is 5.85. The molecule has 0 radical (unpaired) electrons. The summed E-state index contributed by atoms with van der Waals surface area (Å²) < 4.78 is 10.6. The largest absolute Gasteiger partial charge is 0.493 e. The van der Waals surface area contributed by atoms with Gasteiger partial charge in [0.2, 0.25) is 5.91 Å². The van der Waals surface area contributed by atoms with Crippen molar-refractivity contribution < 1.29 is 14.3 Å². The van der Waals surface area contributed by atoms with Crippen LogP contribution in [0.3, 0.4) is 0 Å². The molecule has 0 bridgehead atoms. The summed E-state index contributed by atoms with van der Waals surface area (Å²) in [6, 6.07) is 5.81. The smallest absolute Gasteiger partial charge is 0.222 e. The van der Waals surface area contributed by atoms with Gasteiger partial charge in [-0.15, -0.1) is 12.4 Å². The molecule has 1 aromatic carbocycles. The molecule has 0 aliphatic carbocycles. The maximum absolute atomic E-state index is 12.5. The number of hydrogen-bond acceptors (Lipinski definition) is 4. The fourth-order valence-electron chi connectivity index (χ4n) is 3.02. The van der Waals surface area contributed by atoms with Gasteiger partial charge in [-0.1, -0.05) is 6.07 Å².